The van der Waals surface area contributed by atoms with Gasteiger partial charge in [0.15, 0.2) is 0 Å². The Bertz CT molecular complexity index is 418. The van der Waals surface area contributed by atoms with E-state index in [1.54, 1.807) is 13.2 Å². The number of methoxy groups -OCH3 is 1. The third kappa shape index (κ3) is 2.25. The summed E-state index contributed by atoms with van der Waals surface area (Å²) in [5.41, 5.74) is 4.40. The van der Waals surface area contributed by atoms with Crippen LogP contribution in [0.1, 0.15) is 22.3 Å². The van der Waals surface area contributed by atoms with E-state index in [9.17, 15) is 4.79 Å². The number of ether oxygens (including phenoxy) is 1. The highest BCUT2D eigenvalue weighted by molar-refractivity contribution is 5.48. The van der Waals surface area contributed by atoms with E-state index in [1.165, 1.54) is 0 Å². The fourth-order valence-electron chi connectivity index (χ4n) is 1.67. The van der Waals surface area contributed by atoms with Crippen molar-refractivity contribution in [2.45, 2.75) is 27.3 Å². The van der Waals surface area contributed by atoms with Crippen LogP contribution in [0.4, 0.5) is 0 Å². The number of carbonyl (C=O) groups excluding carboxylic acids is 1. The second-order valence-electron chi connectivity index (χ2n) is 3.53. The smallest absolute Gasteiger partial charge is 0.235 e. The number of hydrogen-bond donors (Lipinski definition) is 0. The van der Waals surface area contributed by atoms with Gasteiger partial charge in [-0.3, -0.25) is 0 Å². The molecular formula is C12H15NO2. The highest BCUT2D eigenvalue weighted by Crippen LogP contribution is 2.27. The molecule has 3 nitrogen and oxygen atoms in total. The summed E-state index contributed by atoms with van der Waals surface area (Å²) in [6.07, 6.45) is 1.56. The van der Waals surface area contributed by atoms with Crippen molar-refractivity contribution in [1.29, 1.82) is 0 Å². The molecule has 0 aliphatic heterocycles. The molecule has 80 valence electrons. The molecule has 0 heterocycles. The molecule has 0 radical (unpaired) electrons. The molecular weight excluding hydrogens is 190 g/mol. The first kappa shape index (κ1) is 11.5. The van der Waals surface area contributed by atoms with Crippen LogP contribution < -0.4 is 4.74 Å². The van der Waals surface area contributed by atoms with Crippen molar-refractivity contribution in [1.82, 2.24) is 0 Å². The van der Waals surface area contributed by atoms with Crippen molar-refractivity contribution < 1.29 is 9.53 Å². The van der Waals surface area contributed by atoms with Crippen LogP contribution in [0.15, 0.2) is 11.1 Å². The lowest BCUT2D eigenvalue weighted by Crippen LogP contribution is -1.98. The van der Waals surface area contributed by atoms with E-state index >= 15 is 0 Å². The first-order valence-electron chi connectivity index (χ1n) is 4.79. The Morgan fingerprint density at radius 1 is 1.33 bits per heavy atom. The minimum Gasteiger partial charge on any atom is -0.496 e. The Labute approximate surface area is 89.8 Å². The number of aliphatic imine (C=N–C) groups is 1. The van der Waals surface area contributed by atoms with E-state index in [-0.39, 0.29) is 0 Å². The Morgan fingerprint density at radius 2 is 2.00 bits per heavy atom. The normalized spacial score (nSPS) is 9.60. The molecule has 0 atom stereocenters. The van der Waals surface area contributed by atoms with E-state index in [4.69, 9.17) is 4.74 Å². The summed E-state index contributed by atoms with van der Waals surface area (Å²) in [4.78, 5) is 13.7. The second-order valence-corrected chi connectivity index (χ2v) is 3.53. The number of nitrogens with zero attached hydrogens (tertiary/aromatic N) is 1. The topological polar surface area (TPSA) is 38.7 Å². The number of hydrogen-bond acceptors (Lipinski definition) is 3. The Kier molecular flexibility index (Phi) is 3.64. The molecule has 0 bridgehead atoms. The molecule has 0 saturated heterocycles. The van der Waals surface area contributed by atoms with Crippen LogP contribution in [-0.4, -0.2) is 13.2 Å². The standard InChI is InChI=1S/C12H15NO2/c1-8-5-12(15-4)10(3)9(2)11(8)6-13-7-14/h5H,6H2,1-4H3. The van der Waals surface area contributed by atoms with Crippen molar-refractivity contribution in [3.63, 3.8) is 0 Å². The summed E-state index contributed by atoms with van der Waals surface area (Å²) in [6.45, 7) is 6.40. The maximum atomic E-state index is 10.1. The van der Waals surface area contributed by atoms with E-state index in [1.807, 2.05) is 26.8 Å². The second kappa shape index (κ2) is 4.76. The van der Waals surface area contributed by atoms with Gasteiger partial charge in [0.1, 0.15) is 5.75 Å². The van der Waals surface area contributed by atoms with Gasteiger partial charge in [-0.05, 0) is 49.1 Å². The Hall–Kier alpha value is -1.60. The number of benzene rings is 1. The zero-order valence-electron chi connectivity index (χ0n) is 9.55. The van der Waals surface area contributed by atoms with Gasteiger partial charge in [-0.2, -0.15) is 0 Å². The molecule has 15 heavy (non-hydrogen) atoms. The van der Waals surface area contributed by atoms with E-state index in [0.717, 1.165) is 28.0 Å². The molecule has 0 aliphatic carbocycles. The maximum Gasteiger partial charge on any atom is 0.235 e. The first-order chi connectivity index (χ1) is 7.11. The molecule has 1 aromatic rings. The van der Waals surface area contributed by atoms with E-state index in [2.05, 4.69) is 4.99 Å². The van der Waals surface area contributed by atoms with E-state index in [0.29, 0.717) is 6.54 Å². The molecule has 3 heteroatoms. The summed E-state index contributed by atoms with van der Waals surface area (Å²) in [6, 6.07) is 1.97. The summed E-state index contributed by atoms with van der Waals surface area (Å²) in [5.74, 6) is 0.879. The number of aryl methyl sites for hydroxylation is 1. The molecule has 0 spiro atoms. The predicted molar refractivity (Wildman–Crippen MR) is 59.0 cm³/mol. The third-order valence-electron chi connectivity index (χ3n) is 2.73. The average molecular weight is 205 g/mol. The zero-order chi connectivity index (χ0) is 11.4. The highest BCUT2D eigenvalue weighted by Gasteiger charge is 2.09. The lowest BCUT2D eigenvalue weighted by Gasteiger charge is -2.14. The first-order valence-corrected chi connectivity index (χ1v) is 4.79. The van der Waals surface area contributed by atoms with Gasteiger partial charge in [0, 0.05) is 0 Å². The van der Waals surface area contributed by atoms with Crippen LogP contribution in [0.3, 0.4) is 0 Å². The van der Waals surface area contributed by atoms with Crippen LogP contribution in [0.2, 0.25) is 0 Å². The maximum absolute atomic E-state index is 10.1. The van der Waals surface area contributed by atoms with Crippen molar-refractivity contribution in [2.24, 2.45) is 4.99 Å². The van der Waals surface area contributed by atoms with Crippen molar-refractivity contribution in [2.75, 3.05) is 7.11 Å². The Morgan fingerprint density at radius 3 is 2.53 bits per heavy atom. The van der Waals surface area contributed by atoms with Crippen LogP contribution in [0.25, 0.3) is 0 Å². The Balaban J connectivity index is 3.28. The summed E-state index contributed by atoms with van der Waals surface area (Å²) >= 11 is 0. The largest absolute Gasteiger partial charge is 0.496 e. The van der Waals surface area contributed by atoms with Gasteiger partial charge in [-0.1, -0.05) is 0 Å². The van der Waals surface area contributed by atoms with Gasteiger partial charge >= 0.3 is 0 Å². The molecule has 0 unspecified atom stereocenters. The molecule has 1 rings (SSSR count). The van der Waals surface area contributed by atoms with Crippen LogP contribution in [-0.2, 0) is 11.3 Å². The van der Waals surface area contributed by atoms with Crippen molar-refractivity contribution in [3.05, 3.63) is 28.3 Å². The van der Waals surface area contributed by atoms with Gasteiger partial charge in [-0.15, -0.1) is 0 Å². The lowest BCUT2D eigenvalue weighted by atomic mass is 9.97. The van der Waals surface area contributed by atoms with Crippen LogP contribution >= 0.6 is 0 Å². The third-order valence-corrected chi connectivity index (χ3v) is 2.73. The molecule has 0 saturated carbocycles. The molecule has 0 N–H and O–H groups in total. The minimum absolute atomic E-state index is 0.395. The van der Waals surface area contributed by atoms with Gasteiger partial charge in [-0.25, -0.2) is 9.79 Å². The van der Waals surface area contributed by atoms with Crippen molar-refractivity contribution in [3.8, 4) is 5.75 Å². The van der Waals surface area contributed by atoms with Crippen LogP contribution in [0, 0.1) is 20.8 Å². The van der Waals surface area contributed by atoms with Gasteiger partial charge in [0.05, 0.1) is 13.7 Å². The van der Waals surface area contributed by atoms with Gasteiger partial charge in [0.2, 0.25) is 6.08 Å². The summed E-state index contributed by atoms with van der Waals surface area (Å²) in [5, 5.41) is 0. The predicted octanol–water partition coefficient (Wildman–Crippen LogP) is 2.46. The summed E-state index contributed by atoms with van der Waals surface area (Å²) < 4.78 is 5.26. The van der Waals surface area contributed by atoms with Gasteiger partial charge in [0.25, 0.3) is 0 Å². The summed E-state index contributed by atoms with van der Waals surface area (Å²) in [7, 11) is 1.66. The fraction of sp³-hybridized carbons (Fsp3) is 0.417. The molecule has 0 fully saturated rings. The quantitative estimate of drug-likeness (QED) is 0.561. The fourth-order valence-corrected chi connectivity index (χ4v) is 1.67. The number of isocyanates is 1. The molecule has 1 aromatic carbocycles. The average Bonchev–Trinajstić information content (AvgIpc) is 2.23. The lowest BCUT2D eigenvalue weighted by molar-refractivity contribution is 0.410. The van der Waals surface area contributed by atoms with Crippen LogP contribution in [0.5, 0.6) is 5.75 Å². The molecule has 0 aromatic heterocycles. The van der Waals surface area contributed by atoms with E-state index < -0.39 is 0 Å². The molecule has 0 amide bonds. The highest BCUT2D eigenvalue weighted by atomic mass is 16.5. The van der Waals surface area contributed by atoms with Gasteiger partial charge < -0.3 is 4.74 Å². The number of rotatable bonds is 3. The van der Waals surface area contributed by atoms with Crippen molar-refractivity contribution >= 4 is 6.08 Å². The molecule has 0 aliphatic rings. The SMILES string of the molecule is COc1cc(C)c(CN=C=O)c(C)c1C. The monoisotopic (exact) mass is 205 g/mol. The minimum atomic E-state index is 0.395. The zero-order valence-corrected chi connectivity index (χ0v) is 9.55.